The molecule has 0 atom stereocenters. The molecular formula is C15H13Cl2N5O. The number of hydrogen-bond donors (Lipinski definition) is 1. The third kappa shape index (κ3) is 4.12. The van der Waals surface area contributed by atoms with E-state index in [-0.39, 0.29) is 12.5 Å². The van der Waals surface area contributed by atoms with Crippen LogP contribution in [0, 0.1) is 0 Å². The molecule has 1 aromatic carbocycles. The number of amides is 1. The average molecular weight is 350 g/mol. The fourth-order valence-electron chi connectivity index (χ4n) is 2.08. The van der Waals surface area contributed by atoms with E-state index in [9.17, 15) is 4.79 Å². The zero-order valence-electron chi connectivity index (χ0n) is 12.0. The van der Waals surface area contributed by atoms with Crippen molar-refractivity contribution in [2.75, 3.05) is 5.32 Å². The largest absolute Gasteiger partial charge is 0.306 e. The van der Waals surface area contributed by atoms with Gasteiger partial charge in [-0.1, -0.05) is 53.5 Å². The predicted octanol–water partition coefficient (Wildman–Crippen LogP) is 3.07. The molecule has 0 spiro atoms. The molecule has 0 unspecified atom stereocenters. The van der Waals surface area contributed by atoms with Crippen LogP contribution in [0.2, 0.25) is 10.0 Å². The van der Waals surface area contributed by atoms with Gasteiger partial charge in [0, 0.05) is 12.4 Å². The van der Waals surface area contributed by atoms with Gasteiger partial charge < -0.3 is 5.32 Å². The molecule has 0 fully saturated rings. The van der Waals surface area contributed by atoms with E-state index in [1.165, 1.54) is 10.9 Å². The van der Waals surface area contributed by atoms with Gasteiger partial charge in [-0.3, -0.25) is 14.2 Å². The van der Waals surface area contributed by atoms with E-state index >= 15 is 0 Å². The van der Waals surface area contributed by atoms with Gasteiger partial charge in [0.05, 0.1) is 17.8 Å². The number of aromatic nitrogens is 4. The SMILES string of the molecule is O=C(Cn1cc(Cl)cn1)Nc1nn(Cc2ccccc2)cc1Cl. The lowest BCUT2D eigenvalue weighted by Gasteiger charge is -2.03. The van der Waals surface area contributed by atoms with Crippen LogP contribution < -0.4 is 5.32 Å². The second kappa shape index (κ2) is 6.85. The molecule has 1 N–H and O–H groups in total. The van der Waals surface area contributed by atoms with E-state index in [4.69, 9.17) is 23.2 Å². The summed E-state index contributed by atoms with van der Waals surface area (Å²) in [5.74, 6) is 0.0440. The highest BCUT2D eigenvalue weighted by Gasteiger charge is 2.12. The fraction of sp³-hybridized carbons (Fsp3) is 0.133. The molecule has 0 saturated heterocycles. The maximum absolute atomic E-state index is 12.0. The molecule has 0 saturated carbocycles. The third-order valence-electron chi connectivity index (χ3n) is 3.07. The zero-order valence-corrected chi connectivity index (χ0v) is 13.5. The molecule has 6 nitrogen and oxygen atoms in total. The molecule has 8 heteroatoms. The van der Waals surface area contributed by atoms with Gasteiger partial charge in [0.1, 0.15) is 11.6 Å². The van der Waals surface area contributed by atoms with E-state index < -0.39 is 0 Å². The number of anilines is 1. The van der Waals surface area contributed by atoms with E-state index in [1.54, 1.807) is 17.1 Å². The van der Waals surface area contributed by atoms with Crippen LogP contribution in [-0.2, 0) is 17.9 Å². The van der Waals surface area contributed by atoms with Crippen molar-refractivity contribution in [1.82, 2.24) is 19.6 Å². The maximum Gasteiger partial charge on any atom is 0.247 e. The van der Waals surface area contributed by atoms with Crippen molar-refractivity contribution < 1.29 is 4.79 Å². The Bertz CT molecular complexity index is 812. The summed E-state index contributed by atoms with van der Waals surface area (Å²) < 4.78 is 3.12. The summed E-state index contributed by atoms with van der Waals surface area (Å²) in [7, 11) is 0. The molecule has 0 aliphatic heterocycles. The van der Waals surface area contributed by atoms with Crippen LogP contribution in [-0.4, -0.2) is 25.5 Å². The van der Waals surface area contributed by atoms with E-state index in [0.717, 1.165) is 5.56 Å². The molecular weight excluding hydrogens is 337 g/mol. The second-order valence-corrected chi connectivity index (χ2v) is 5.76. The van der Waals surface area contributed by atoms with Crippen molar-refractivity contribution in [2.45, 2.75) is 13.1 Å². The monoisotopic (exact) mass is 349 g/mol. The lowest BCUT2D eigenvalue weighted by Crippen LogP contribution is -2.19. The van der Waals surface area contributed by atoms with Crippen LogP contribution in [0.25, 0.3) is 0 Å². The minimum atomic E-state index is -0.281. The number of halogens is 2. The third-order valence-corrected chi connectivity index (χ3v) is 3.54. The lowest BCUT2D eigenvalue weighted by atomic mass is 10.2. The molecule has 0 radical (unpaired) electrons. The lowest BCUT2D eigenvalue weighted by molar-refractivity contribution is -0.116. The molecule has 0 bridgehead atoms. The van der Waals surface area contributed by atoms with Crippen LogP contribution in [0.5, 0.6) is 0 Å². The molecule has 2 aromatic heterocycles. The Morgan fingerprint density at radius 1 is 1.13 bits per heavy atom. The fourth-order valence-corrected chi connectivity index (χ4v) is 2.43. The standard InChI is InChI=1S/C15H13Cl2N5O/c16-12-6-18-21(8-12)10-14(23)19-15-13(17)9-22(20-15)7-11-4-2-1-3-5-11/h1-6,8-9H,7,10H2,(H,19,20,23). The van der Waals surface area contributed by atoms with Crippen LogP contribution in [0.15, 0.2) is 48.9 Å². The number of hydrogen-bond acceptors (Lipinski definition) is 3. The molecule has 118 valence electrons. The van der Waals surface area contributed by atoms with Crippen LogP contribution in [0.3, 0.4) is 0 Å². The smallest absolute Gasteiger partial charge is 0.247 e. The van der Waals surface area contributed by atoms with E-state index in [2.05, 4.69) is 15.5 Å². The normalized spacial score (nSPS) is 10.7. The van der Waals surface area contributed by atoms with Gasteiger partial charge in [-0.25, -0.2) is 0 Å². The first-order chi connectivity index (χ1) is 11.1. The van der Waals surface area contributed by atoms with Crippen molar-refractivity contribution in [3.8, 4) is 0 Å². The van der Waals surface area contributed by atoms with Gasteiger partial charge in [0.25, 0.3) is 0 Å². The highest BCUT2D eigenvalue weighted by atomic mass is 35.5. The number of nitrogens with zero attached hydrogens (tertiary/aromatic N) is 4. The van der Waals surface area contributed by atoms with Gasteiger partial charge in [-0.2, -0.15) is 10.2 Å². The number of benzene rings is 1. The summed E-state index contributed by atoms with van der Waals surface area (Å²) in [5, 5.41) is 11.8. The van der Waals surface area contributed by atoms with Gasteiger partial charge in [0.15, 0.2) is 5.82 Å². The summed E-state index contributed by atoms with van der Waals surface area (Å²) in [5.41, 5.74) is 1.09. The summed E-state index contributed by atoms with van der Waals surface area (Å²) in [4.78, 5) is 12.0. The highest BCUT2D eigenvalue weighted by molar-refractivity contribution is 6.33. The van der Waals surface area contributed by atoms with Crippen LogP contribution >= 0.6 is 23.2 Å². The molecule has 23 heavy (non-hydrogen) atoms. The molecule has 2 heterocycles. The maximum atomic E-state index is 12.0. The molecule has 0 aliphatic carbocycles. The minimum absolute atomic E-state index is 0.0363. The van der Waals surface area contributed by atoms with Crippen LogP contribution in [0.1, 0.15) is 5.56 Å². The van der Waals surface area contributed by atoms with Crippen molar-refractivity contribution in [1.29, 1.82) is 0 Å². The molecule has 0 aliphatic rings. The van der Waals surface area contributed by atoms with Crippen molar-refractivity contribution in [3.05, 3.63) is 64.5 Å². The second-order valence-electron chi connectivity index (χ2n) is 4.91. The Kier molecular flexibility index (Phi) is 4.64. The first-order valence-corrected chi connectivity index (χ1v) is 7.60. The van der Waals surface area contributed by atoms with Crippen molar-refractivity contribution >= 4 is 34.9 Å². The minimum Gasteiger partial charge on any atom is -0.306 e. The first kappa shape index (κ1) is 15.6. The number of nitrogens with one attached hydrogen (secondary N) is 1. The zero-order chi connectivity index (χ0) is 16.2. The number of carbonyl (C=O) groups is 1. The first-order valence-electron chi connectivity index (χ1n) is 6.85. The quantitative estimate of drug-likeness (QED) is 0.769. The Labute approximate surface area is 142 Å². The summed E-state index contributed by atoms with van der Waals surface area (Å²) in [6.07, 6.45) is 4.71. The van der Waals surface area contributed by atoms with Gasteiger partial charge in [0.2, 0.25) is 5.91 Å². The summed E-state index contributed by atoms with van der Waals surface area (Å²) >= 11 is 11.9. The van der Waals surface area contributed by atoms with Crippen LogP contribution in [0.4, 0.5) is 5.82 Å². The predicted molar refractivity (Wildman–Crippen MR) is 88.6 cm³/mol. The molecule has 3 rings (SSSR count). The van der Waals surface area contributed by atoms with Crippen molar-refractivity contribution in [3.63, 3.8) is 0 Å². The highest BCUT2D eigenvalue weighted by Crippen LogP contribution is 2.20. The Morgan fingerprint density at radius 3 is 2.61 bits per heavy atom. The topological polar surface area (TPSA) is 64.7 Å². The van der Waals surface area contributed by atoms with Gasteiger partial charge in [-0.05, 0) is 5.56 Å². The molecule has 3 aromatic rings. The van der Waals surface area contributed by atoms with E-state index in [0.29, 0.717) is 22.4 Å². The van der Waals surface area contributed by atoms with E-state index in [1.807, 2.05) is 30.3 Å². The Balaban J connectivity index is 1.65. The number of carbonyl (C=O) groups excluding carboxylic acids is 1. The van der Waals surface area contributed by atoms with Crippen molar-refractivity contribution in [2.24, 2.45) is 0 Å². The Morgan fingerprint density at radius 2 is 1.91 bits per heavy atom. The summed E-state index contributed by atoms with van der Waals surface area (Å²) in [6, 6.07) is 9.86. The van der Waals surface area contributed by atoms with Gasteiger partial charge in [-0.15, -0.1) is 0 Å². The molecule has 1 amide bonds. The Hall–Kier alpha value is -2.31. The average Bonchev–Trinajstić information content (AvgIpc) is 3.06. The number of rotatable bonds is 5. The summed E-state index contributed by atoms with van der Waals surface area (Å²) in [6.45, 7) is 0.611. The van der Waals surface area contributed by atoms with Gasteiger partial charge >= 0.3 is 0 Å².